The van der Waals surface area contributed by atoms with Crippen LogP contribution in [0.25, 0.3) is 0 Å². The van der Waals surface area contributed by atoms with Gasteiger partial charge in [-0.15, -0.1) is 0 Å². The van der Waals surface area contributed by atoms with Gasteiger partial charge in [0.15, 0.2) is 0 Å². The van der Waals surface area contributed by atoms with Crippen LogP contribution >= 0.6 is 15.9 Å². The maximum atomic E-state index is 11.9. The number of benzene rings is 1. The molecule has 1 aliphatic carbocycles. The summed E-state index contributed by atoms with van der Waals surface area (Å²) in [5.74, 6) is -0.380. The van der Waals surface area contributed by atoms with E-state index in [-0.39, 0.29) is 11.5 Å². The molecule has 0 bridgehead atoms. The Labute approximate surface area is 126 Å². The molecule has 2 N–H and O–H groups in total. The fourth-order valence-corrected chi connectivity index (χ4v) is 3.04. The summed E-state index contributed by atoms with van der Waals surface area (Å²) >= 11 is 3.18. The predicted molar refractivity (Wildman–Crippen MR) is 80.9 cm³/mol. The molecule has 0 aromatic heterocycles. The maximum absolute atomic E-state index is 11.9. The smallest absolute Gasteiger partial charge is 0.336 e. The first kappa shape index (κ1) is 15.0. The van der Waals surface area contributed by atoms with Crippen LogP contribution in [0.4, 0.5) is 5.69 Å². The molecular formula is C15H18BrNO3. The summed E-state index contributed by atoms with van der Waals surface area (Å²) in [7, 11) is 0. The SMILES string of the molecule is O=C(CCC1CCCC1)Nc1ccc(Br)c(C(=O)O)c1. The summed E-state index contributed by atoms with van der Waals surface area (Å²) in [6, 6.07) is 4.81. The minimum Gasteiger partial charge on any atom is -0.478 e. The summed E-state index contributed by atoms with van der Waals surface area (Å²) in [4.78, 5) is 22.9. The molecule has 1 saturated carbocycles. The second-order valence-corrected chi connectivity index (χ2v) is 6.09. The quantitative estimate of drug-likeness (QED) is 0.850. The molecule has 1 aromatic carbocycles. The van der Waals surface area contributed by atoms with E-state index in [9.17, 15) is 9.59 Å². The van der Waals surface area contributed by atoms with Crippen LogP contribution < -0.4 is 5.32 Å². The van der Waals surface area contributed by atoms with E-state index < -0.39 is 5.97 Å². The highest BCUT2D eigenvalue weighted by molar-refractivity contribution is 9.10. The highest BCUT2D eigenvalue weighted by atomic mass is 79.9. The summed E-state index contributed by atoms with van der Waals surface area (Å²) in [5, 5.41) is 11.8. The van der Waals surface area contributed by atoms with E-state index in [0.29, 0.717) is 22.5 Å². The molecule has 20 heavy (non-hydrogen) atoms. The highest BCUT2D eigenvalue weighted by Gasteiger charge is 2.16. The third-order valence-electron chi connectivity index (χ3n) is 3.73. The average Bonchev–Trinajstić information content (AvgIpc) is 2.91. The minimum atomic E-state index is -1.01. The van der Waals surface area contributed by atoms with Crippen LogP contribution in [0.15, 0.2) is 22.7 Å². The molecule has 5 heteroatoms. The highest BCUT2D eigenvalue weighted by Crippen LogP contribution is 2.28. The van der Waals surface area contributed by atoms with Gasteiger partial charge in [-0.25, -0.2) is 4.79 Å². The Morgan fingerprint density at radius 2 is 2.00 bits per heavy atom. The van der Waals surface area contributed by atoms with E-state index in [1.807, 2.05) is 0 Å². The molecule has 0 unspecified atom stereocenters. The van der Waals surface area contributed by atoms with E-state index in [1.165, 1.54) is 31.7 Å². The van der Waals surface area contributed by atoms with Gasteiger partial charge in [0.25, 0.3) is 0 Å². The fourth-order valence-electron chi connectivity index (χ4n) is 2.62. The Morgan fingerprint density at radius 1 is 1.30 bits per heavy atom. The zero-order chi connectivity index (χ0) is 14.5. The van der Waals surface area contributed by atoms with E-state index in [2.05, 4.69) is 21.2 Å². The normalized spacial score (nSPS) is 15.2. The second kappa shape index (κ2) is 6.88. The number of halogens is 1. The third kappa shape index (κ3) is 4.07. The Bertz CT molecular complexity index is 510. The standard InChI is InChI=1S/C15H18BrNO3/c16-13-7-6-11(9-12(13)15(19)20)17-14(18)8-5-10-3-1-2-4-10/h6-7,9-10H,1-5,8H2,(H,17,18)(H,19,20). The van der Waals surface area contributed by atoms with Crippen molar-refractivity contribution >= 4 is 33.5 Å². The molecule has 2 rings (SSSR count). The molecular weight excluding hydrogens is 322 g/mol. The van der Waals surface area contributed by atoms with E-state index in [0.717, 1.165) is 6.42 Å². The molecule has 108 valence electrons. The first-order chi connectivity index (χ1) is 9.56. The molecule has 4 nitrogen and oxygen atoms in total. The largest absolute Gasteiger partial charge is 0.478 e. The number of carbonyl (C=O) groups excluding carboxylic acids is 1. The second-order valence-electron chi connectivity index (χ2n) is 5.24. The van der Waals surface area contributed by atoms with Crippen LogP contribution in [-0.2, 0) is 4.79 Å². The molecule has 0 heterocycles. The van der Waals surface area contributed by atoms with Crippen molar-refractivity contribution in [1.82, 2.24) is 0 Å². The molecule has 0 aliphatic heterocycles. The van der Waals surface area contributed by atoms with Crippen molar-refractivity contribution in [3.8, 4) is 0 Å². The Morgan fingerprint density at radius 3 is 2.65 bits per heavy atom. The van der Waals surface area contributed by atoms with E-state index in [4.69, 9.17) is 5.11 Å². The fraction of sp³-hybridized carbons (Fsp3) is 0.467. The summed E-state index contributed by atoms with van der Waals surface area (Å²) in [6.07, 6.45) is 6.45. The number of hydrogen-bond acceptors (Lipinski definition) is 2. The van der Waals surface area contributed by atoms with Crippen molar-refractivity contribution < 1.29 is 14.7 Å². The predicted octanol–water partition coefficient (Wildman–Crippen LogP) is 4.06. The van der Waals surface area contributed by atoms with Crippen molar-refractivity contribution in [1.29, 1.82) is 0 Å². The molecule has 0 radical (unpaired) electrons. The van der Waals surface area contributed by atoms with Crippen molar-refractivity contribution in [2.75, 3.05) is 5.32 Å². The molecule has 1 aromatic rings. The lowest BCUT2D eigenvalue weighted by molar-refractivity contribution is -0.116. The zero-order valence-corrected chi connectivity index (χ0v) is 12.8. The van der Waals surface area contributed by atoms with Crippen molar-refractivity contribution in [2.45, 2.75) is 38.5 Å². The molecule has 0 atom stereocenters. The van der Waals surface area contributed by atoms with Gasteiger partial charge in [0.2, 0.25) is 5.91 Å². The molecule has 1 amide bonds. The number of carbonyl (C=O) groups is 2. The van der Waals surface area contributed by atoms with Crippen LogP contribution in [0.5, 0.6) is 0 Å². The lowest BCUT2D eigenvalue weighted by Crippen LogP contribution is -2.13. The molecule has 1 fully saturated rings. The zero-order valence-electron chi connectivity index (χ0n) is 11.2. The lowest BCUT2D eigenvalue weighted by Gasteiger charge is -2.10. The van der Waals surface area contributed by atoms with Gasteiger partial charge in [-0.2, -0.15) is 0 Å². The van der Waals surface area contributed by atoms with Gasteiger partial charge in [0.05, 0.1) is 5.56 Å². The van der Waals surface area contributed by atoms with Gasteiger partial charge in [-0.05, 0) is 46.5 Å². The van der Waals surface area contributed by atoms with Gasteiger partial charge in [-0.3, -0.25) is 4.79 Å². The number of amides is 1. The van der Waals surface area contributed by atoms with Crippen LogP contribution in [0, 0.1) is 5.92 Å². The Hall–Kier alpha value is -1.36. The number of hydrogen-bond donors (Lipinski definition) is 2. The molecule has 1 aliphatic rings. The summed E-state index contributed by atoms with van der Waals surface area (Å²) in [6.45, 7) is 0. The number of aromatic carboxylic acids is 1. The van der Waals surface area contributed by atoms with Gasteiger partial charge in [0.1, 0.15) is 0 Å². The van der Waals surface area contributed by atoms with Crippen LogP contribution in [0.2, 0.25) is 0 Å². The minimum absolute atomic E-state index is 0.0458. The van der Waals surface area contributed by atoms with Crippen LogP contribution in [0.3, 0.4) is 0 Å². The van der Waals surface area contributed by atoms with Gasteiger partial charge in [-0.1, -0.05) is 25.7 Å². The number of anilines is 1. The van der Waals surface area contributed by atoms with Crippen LogP contribution in [0.1, 0.15) is 48.9 Å². The van der Waals surface area contributed by atoms with Crippen LogP contribution in [-0.4, -0.2) is 17.0 Å². The lowest BCUT2D eigenvalue weighted by atomic mass is 10.0. The molecule has 0 spiro atoms. The van der Waals surface area contributed by atoms with Gasteiger partial charge >= 0.3 is 5.97 Å². The monoisotopic (exact) mass is 339 g/mol. The molecule has 0 saturated heterocycles. The number of nitrogens with one attached hydrogen (secondary N) is 1. The Kier molecular flexibility index (Phi) is 5.17. The van der Waals surface area contributed by atoms with Crippen molar-refractivity contribution in [3.05, 3.63) is 28.2 Å². The van der Waals surface area contributed by atoms with Gasteiger partial charge < -0.3 is 10.4 Å². The summed E-state index contributed by atoms with van der Waals surface area (Å²) < 4.78 is 0.508. The number of carboxylic acid groups (broad SMARTS) is 1. The number of rotatable bonds is 5. The third-order valence-corrected chi connectivity index (χ3v) is 4.43. The number of carboxylic acids is 1. The Balaban J connectivity index is 1.90. The average molecular weight is 340 g/mol. The van der Waals surface area contributed by atoms with E-state index >= 15 is 0 Å². The van der Waals surface area contributed by atoms with Crippen molar-refractivity contribution in [3.63, 3.8) is 0 Å². The maximum Gasteiger partial charge on any atom is 0.336 e. The first-order valence-electron chi connectivity index (χ1n) is 6.89. The van der Waals surface area contributed by atoms with Crippen molar-refractivity contribution in [2.24, 2.45) is 5.92 Å². The topological polar surface area (TPSA) is 66.4 Å². The summed E-state index contributed by atoms with van der Waals surface area (Å²) in [5.41, 5.74) is 0.681. The first-order valence-corrected chi connectivity index (χ1v) is 7.68. The van der Waals surface area contributed by atoms with Gasteiger partial charge in [0, 0.05) is 16.6 Å². The van der Waals surface area contributed by atoms with E-state index in [1.54, 1.807) is 12.1 Å².